The molecule has 0 radical (unpaired) electrons. The molecule has 1 aromatic carbocycles. The van der Waals surface area contributed by atoms with E-state index in [1.165, 1.54) is 16.2 Å². The number of anilines is 1. The number of carbonyl (C=O) groups is 3. The van der Waals surface area contributed by atoms with E-state index in [0.29, 0.717) is 28.1 Å². The Morgan fingerprint density at radius 3 is 2.59 bits per heavy atom. The van der Waals surface area contributed by atoms with E-state index in [1.807, 2.05) is 23.6 Å². The highest BCUT2D eigenvalue weighted by Crippen LogP contribution is 2.29. The summed E-state index contributed by atoms with van der Waals surface area (Å²) in [5, 5.41) is 6.90. The molecular formula is C24H23N5O4S. The third-order valence-electron chi connectivity index (χ3n) is 5.24. The number of benzene rings is 1. The van der Waals surface area contributed by atoms with Gasteiger partial charge in [-0.3, -0.25) is 14.3 Å². The standard InChI is InChI=1S/C24H23N5O4S/c1-15-22-17(13-18(19-9-6-12-34-19)26-23(22)28(2)27-15)24(32)33-14-21(31)29(11-10-20(25)30)16-7-4-3-5-8-16/h3-9,12-13H,10-11,14H2,1-2H3,(H2,25,30). The molecule has 3 aromatic heterocycles. The van der Waals surface area contributed by atoms with Crippen molar-refractivity contribution in [2.45, 2.75) is 13.3 Å². The molecular weight excluding hydrogens is 454 g/mol. The summed E-state index contributed by atoms with van der Waals surface area (Å²) in [7, 11) is 1.76. The zero-order valence-corrected chi connectivity index (χ0v) is 19.5. The topological polar surface area (TPSA) is 120 Å². The van der Waals surface area contributed by atoms with Crippen LogP contribution in [0.25, 0.3) is 21.6 Å². The molecule has 0 aliphatic carbocycles. The fraction of sp³-hybridized carbons (Fsp3) is 0.208. The summed E-state index contributed by atoms with van der Waals surface area (Å²) in [5.74, 6) is -1.65. The Bertz CT molecular complexity index is 1350. The number of para-hydroxylation sites is 1. The summed E-state index contributed by atoms with van der Waals surface area (Å²) in [6.07, 6.45) is -0.0153. The smallest absolute Gasteiger partial charge is 0.339 e. The first-order chi connectivity index (χ1) is 16.3. The van der Waals surface area contributed by atoms with E-state index in [9.17, 15) is 14.4 Å². The van der Waals surface area contributed by atoms with Gasteiger partial charge < -0.3 is 15.4 Å². The SMILES string of the molecule is Cc1nn(C)c2nc(-c3cccs3)cc(C(=O)OCC(=O)N(CCC(N)=O)c3ccccc3)c12. The van der Waals surface area contributed by atoms with Gasteiger partial charge >= 0.3 is 5.97 Å². The number of ether oxygens (including phenoxy) is 1. The predicted octanol–water partition coefficient (Wildman–Crippen LogP) is 3.07. The van der Waals surface area contributed by atoms with Crippen molar-refractivity contribution in [2.24, 2.45) is 12.8 Å². The number of pyridine rings is 1. The van der Waals surface area contributed by atoms with Gasteiger partial charge in [-0.25, -0.2) is 9.78 Å². The van der Waals surface area contributed by atoms with Gasteiger partial charge in [0.25, 0.3) is 5.91 Å². The van der Waals surface area contributed by atoms with Crippen LogP contribution >= 0.6 is 11.3 Å². The zero-order valence-electron chi connectivity index (χ0n) is 18.7. The molecule has 3 heterocycles. The molecule has 0 atom stereocenters. The lowest BCUT2D eigenvalue weighted by molar-refractivity contribution is -0.121. The second kappa shape index (κ2) is 9.84. The summed E-state index contributed by atoms with van der Waals surface area (Å²) >= 11 is 1.50. The van der Waals surface area contributed by atoms with Crippen LogP contribution in [-0.2, 0) is 21.4 Å². The number of nitrogens with two attached hydrogens (primary N) is 1. The van der Waals surface area contributed by atoms with Crippen molar-refractivity contribution in [1.82, 2.24) is 14.8 Å². The van der Waals surface area contributed by atoms with Crippen LogP contribution in [-0.4, -0.2) is 45.7 Å². The number of hydrogen-bond acceptors (Lipinski definition) is 7. The van der Waals surface area contributed by atoms with E-state index in [0.717, 1.165) is 4.88 Å². The molecule has 2 N–H and O–H groups in total. The Balaban J connectivity index is 1.60. The molecule has 0 bridgehead atoms. The van der Waals surface area contributed by atoms with Crippen LogP contribution in [0.5, 0.6) is 0 Å². The maximum absolute atomic E-state index is 13.1. The highest BCUT2D eigenvalue weighted by molar-refractivity contribution is 7.13. The van der Waals surface area contributed by atoms with E-state index in [-0.39, 0.29) is 18.5 Å². The van der Waals surface area contributed by atoms with Gasteiger partial charge in [0.2, 0.25) is 5.91 Å². The van der Waals surface area contributed by atoms with Crippen LogP contribution in [0.2, 0.25) is 0 Å². The quantitative estimate of drug-likeness (QED) is 0.390. The molecule has 0 aliphatic rings. The van der Waals surface area contributed by atoms with Crippen molar-refractivity contribution in [3.05, 3.63) is 65.2 Å². The van der Waals surface area contributed by atoms with E-state index < -0.39 is 24.4 Å². The Morgan fingerprint density at radius 1 is 1.15 bits per heavy atom. The monoisotopic (exact) mass is 477 g/mol. The number of esters is 1. The van der Waals surface area contributed by atoms with Crippen molar-refractivity contribution < 1.29 is 19.1 Å². The summed E-state index contributed by atoms with van der Waals surface area (Å²) in [5.41, 5.74) is 7.94. The van der Waals surface area contributed by atoms with Gasteiger partial charge in [-0.05, 0) is 36.6 Å². The highest BCUT2D eigenvalue weighted by Gasteiger charge is 2.23. The minimum absolute atomic E-state index is 0.0153. The Labute approximate surface area is 199 Å². The van der Waals surface area contributed by atoms with Gasteiger partial charge in [0.15, 0.2) is 12.3 Å². The zero-order chi connectivity index (χ0) is 24.2. The van der Waals surface area contributed by atoms with Crippen molar-refractivity contribution in [2.75, 3.05) is 18.1 Å². The third kappa shape index (κ3) is 4.81. The normalized spacial score (nSPS) is 10.9. The van der Waals surface area contributed by atoms with Crippen LogP contribution in [0.15, 0.2) is 53.9 Å². The van der Waals surface area contributed by atoms with Crippen molar-refractivity contribution in [1.29, 1.82) is 0 Å². The molecule has 9 nitrogen and oxygen atoms in total. The van der Waals surface area contributed by atoms with E-state index in [4.69, 9.17) is 10.5 Å². The van der Waals surface area contributed by atoms with Crippen LogP contribution < -0.4 is 10.6 Å². The van der Waals surface area contributed by atoms with Crippen molar-refractivity contribution >= 4 is 45.8 Å². The molecule has 0 unspecified atom stereocenters. The van der Waals surface area contributed by atoms with Crippen molar-refractivity contribution in [3.63, 3.8) is 0 Å². The van der Waals surface area contributed by atoms with Gasteiger partial charge in [-0.2, -0.15) is 5.10 Å². The van der Waals surface area contributed by atoms with E-state index in [1.54, 1.807) is 49.0 Å². The number of aryl methyl sites for hydroxylation is 2. The highest BCUT2D eigenvalue weighted by atomic mass is 32.1. The van der Waals surface area contributed by atoms with Crippen LogP contribution in [0, 0.1) is 6.92 Å². The summed E-state index contributed by atoms with van der Waals surface area (Å²) in [4.78, 5) is 44.3. The number of thiophene rings is 1. The first-order valence-electron chi connectivity index (χ1n) is 10.5. The maximum Gasteiger partial charge on any atom is 0.339 e. The predicted molar refractivity (Wildman–Crippen MR) is 129 cm³/mol. The largest absolute Gasteiger partial charge is 0.452 e. The summed E-state index contributed by atoms with van der Waals surface area (Å²) in [6.45, 7) is 1.38. The second-order valence-corrected chi connectivity index (χ2v) is 8.56. The fourth-order valence-electron chi connectivity index (χ4n) is 3.67. The lowest BCUT2D eigenvalue weighted by Gasteiger charge is -2.22. The van der Waals surface area contributed by atoms with Gasteiger partial charge in [0.1, 0.15) is 0 Å². The number of nitrogens with zero attached hydrogens (tertiary/aromatic N) is 4. The Hall–Kier alpha value is -4.05. The number of amides is 2. The molecule has 2 amide bonds. The van der Waals surface area contributed by atoms with E-state index in [2.05, 4.69) is 10.1 Å². The molecule has 4 aromatic rings. The number of rotatable bonds is 8. The summed E-state index contributed by atoms with van der Waals surface area (Å²) in [6, 6.07) is 14.3. The number of aromatic nitrogens is 3. The van der Waals surface area contributed by atoms with Gasteiger partial charge in [0, 0.05) is 25.7 Å². The molecule has 174 valence electrons. The fourth-order valence-corrected chi connectivity index (χ4v) is 4.35. The molecule has 34 heavy (non-hydrogen) atoms. The first kappa shape index (κ1) is 23.1. The number of hydrogen-bond donors (Lipinski definition) is 1. The molecule has 0 saturated heterocycles. The van der Waals surface area contributed by atoms with Gasteiger partial charge in [-0.1, -0.05) is 24.3 Å². The van der Waals surface area contributed by atoms with Crippen LogP contribution in [0.3, 0.4) is 0 Å². The van der Waals surface area contributed by atoms with Crippen LogP contribution in [0.4, 0.5) is 5.69 Å². The molecule has 0 fully saturated rings. The average molecular weight is 478 g/mol. The second-order valence-electron chi connectivity index (χ2n) is 7.61. The Morgan fingerprint density at radius 2 is 1.91 bits per heavy atom. The molecule has 4 rings (SSSR count). The number of fused-ring (bicyclic) bond motifs is 1. The van der Waals surface area contributed by atoms with Gasteiger partial charge in [-0.15, -0.1) is 11.3 Å². The first-order valence-corrected chi connectivity index (χ1v) is 11.4. The maximum atomic E-state index is 13.1. The van der Waals surface area contributed by atoms with E-state index >= 15 is 0 Å². The lowest BCUT2D eigenvalue weighted by Crippen LogP contribution is -2.37. The number of primary amides is 1. The average Bonchev–Trinajstić information content (AvgIpc) is 3.46. The molecule has 0 aliphatic heterocycles. The number of carbonyl (C=O) groups excluding carboxylic acids is 3. The van der Waals surface area contributed by atoms with Gasteiger partial charge in [0.05, 0.1) is 27.2 Å². The molecule has 10 heteroatoms. The molecule has 0 spiro atoms. The lowest BCUT2D eigenvalue weighted by atomic mass is 10.1. The molecule has 0 saturated carbocycles. The van der Waals surface area contributed by atoms with Crippen LogP contribution in [0.1, 0.15) is 22.5 Å². The minimum Gasteiger partial charge on any atom is -0.452 e. The minimum atomic E-state index is -0.655. The third-order valence-corrected chi connectivity index (χ3v) is 6.13. The van der Waals surface area contributed by atoms with Crippen molar-refractivity contribution in [3.8, 4) is 10.6 Å². The Kier molecular flexibility index (Phi) is 6.69. The summed E-state index contributed by atoms with van der Waals surface area (Å²) < 4.78 is 7.05.